The molecule has 2 aromatic carbocycles. The van der Waals surface area contributed by atoms with Crippen molar-refractivity contribution >= 4 is 32.7 Å². The van der Waals surface area contributed by atoms with Crippen molar-refractivity contribution in [3.8, 4) is 22.5 Å². The van der Waals surface area contributed by atoms with Crippen LogP contribution in [-0.4, -0.2) is 19.9 Å². The smallest absolute Gasteiger partial charge is 0.249 e. The Morgan fingerprint density at radius 3 is 2.50 bits per heavy atom. The third kappa shape index (κ3) is 2.48. The minimum absolute atomic E-state index is 0.190. The van der Waals surface area contributed by atoms with E-state index in [1.807, 2.05) is 48.0 Å². The van der Waals surface area contributed by atoms with Gasteiger partial charge in [0.25, 0.3) is 0 Å². The molecule has 5 aromatic rings. The molecule has 6 heteroatoms. The average molecular weight is 356 g/mol. The van der Waals surface area contributed by atoms with Crippen LogP contribution in [-0.2, 0) is 0 Å². The number of rotatable bonds is 2. The van der Waals surface area contributed by atoms with Gasteiger partial charge >= 0.3 is 0 Å². The number of nitrogens with zero attached hydrogens (tertiary/aromatic N) is 3. The maximum Gasteiger partial charge on any atom is 0.249 e. The fourth-order valence-corrected chi connectivity index (χ4v) is 3.69. The third-order valence-corrected chi connectivity index (χ3v) is 5.00. The largest absolute Gasteiger partial charge is 0.305 e. The second-order valence-corrected chi connectivity index (χ2v) is 6.76. The molecule has 3 aromatic heterocycles. The van der Waals surface area contributed by atoms with E-state index in [1.165, 1.54) is 6.07 Å². The van der Waals surface area contributed by atoms with Gasteiger partial charge in [0, 0.05) is 17.2 Å². The minimum atomic E-state index is -0.190. The maximum absolute atomic E-state index is 11.7. The Labute approximate surface area is 152 Å². The van der Waals surface area contributed by atoms with E-state index in [0.29, 0.717) is 11.2 Å². The number of H-pyrrole nitrogens is 1. The Balaban J connectivity index is 1.84. The van der Waals surface area contributed by atoms with Crippen LogP contribution in [0.5, 0.6) is 0 Å². The standard InChI is InChI=1S/C20H12N4OS/c25-17-9-8-15-20(23-17)24-18(12-4-2-1-3-5-12)19(22-15)13-6-7-14-16(10-13)26-11-21-14/h1-11H,(H,23,24,25). The molecule has 0 radical (unpaired) electrons. The van der Waals surface area contributed by atoms with Crippen molar-refractivity contribution < 1.29 is 0 Å². The predicted octanol–water partition coefficient (Wildman–Crippen LogP) is 4.26. The maximum atomic E-state index is 11.7. The summed E-state index contributed by atoms with van der Waals surface area (Å²) in [5.74, 6) is 0. The lowest BCUT2D eigenvalue weighted by Gasteiger charge is -2.10. The van der Waals surface area contributed by atoms with E-state index in [2.05, 4.69) is 16.0 Å². The molecule has 0 aliphatic carbocycles. The van der Waals surface area contributed by atoms with Crippen molar-refractivity contribution in [2.75, 3.05) is 0 Å². The number of benzene rings is 2. The topological polar surface area (TPSA) is 71.5 Å². The van der Waals surface area contributed by atoms with Gasteiger partial charge in [0.15, 0.2) is 5.65 Å². The van der Waals surface area contributed by atoms with Crippen molar-refractivity contribution in [3.63, 3.8) is 0 Å². The zero-order valence-corrected chi connectivity index (χ0v) is 14.3. The fraction of sp³-hybridized carbons (Fsp3) is 0. The van der Waals surface area contributed by atoms with Gasteiger partial charge in [-0.1, -0.05) is 36.4 Å². The van der Waals surface area contributed by atoms with Gasteiger partial charge in [0.05, 0.1) is 27.1 Å². The molecular weight excluding hydrogens is 344 g/mol. The molecule has 3 heterocycles. The number of hydrogen-bond acceptors (Lipinski definition) is 5. The zero-order valence-electron chi connectivity index (χ0n) is 13.5. The summed E-state index contributed by atoms with van der Waals surface area (Å²) in [6.07, 6.45) is 0. The van der Waals surface area contributed by atoms with Crippen LogP contribution >= 0.6 is 11.3 Å². The van der Waals surface area contributed by atoms with Gasteiger partial charge in [-0.15, -0.1) is 11.3 Å². The lowest BCUT2D eigenvalue weighted by Crippen LogP contribution is -2.06. The zero-order chi connectivity index (χ0) is 17.5. The molecule has 0 saturated heterocycles. The van der Waals surface area contributed by atoms with Gasteiger partial charge in [-0.05, 0) is 18.2 Å². The summed E-state index contributed by atoms with van der Waals surface area (Å²) >= 11 is 1.60. The predicted molar refractivity (Wildman–Crippen MR) is 104 cm³/mol. The van der Waals surface area contributed by atoms with Crippen LogP contribution in [0.4, 0.5) is 0 Å². The Bertz CT molecular complexity index is 1310. The molecule has 0 spiro atoms. The van der Waals surface area contributed by atoms with E-state index >= 15 is 0 Å². The van der Waals surface area contributed by atoms with Crippen LogP contribution in [0.1, 0.15) is 0 Å². The molecule has 0 unspecified atom stereocenters. The quantitative estimate of drug-likeness (QED) is 0.513. The number of aromatic nitrogens is 4. The van der Waals surface area contributed by atoms with Crippen LogP contribution in [0, 0.1) is 0 Å². The highest BCUT2D eigenvalue weighted by Gasteiger charge is 2.14. The second kappa shape index (κ2) is 5.86. The normalized spacial score (nSPS) is 11.2. The van der Waals surface area contributed by atoms with Crippen molar-refractivity contribution in [1.29, 1.82) is 0 Å². The number of pyridine rings is 1. The number of hydrogen-bond donors (Lipinski definition) is 1. The number of thiazole rings is 1. The summed E-state index contributed by atoms with van der Waals surface area (Å²) in [6.45, 7) is 0. The van der Waals surface area contributed by atoms with Crippen molar-refractivity contribution in [1.82, 2.24) is 19.9 Å². The van der Waals surface area contributed by atoms with Gasteiger partial charge in [-0.25, -0.2) is 15.0 Å². The molecule has 1 N–H and O–H groups in total. The molecule has 0 bridgehead atoms. The molecule has 0 amide bonds. The number of aromatic amines is 1. The molecule has 26 heavy (non-hydrogen) atoms. The Morgan fingerprint density at radius 1 is 0.808 bits per heavy atom. The van der Waals surface area contributed by atoms with E-state index in [-0.39, 0.29) is 5.56 Å². The van der Waals surface area contributed by atoms with Gasteiger partial charge in [-0.2, -0.15) is 0 Å². The van der Waals surface area contributed by atoms with E-state index in [1.54, 1.807) is 17.4 Å². The van der Waals surface area contributed by atoms with E-state index in [4.69, 9.17) is 9.97 Å². The fourth-order valence-electron chi connectivity index (χ4n) is 2.97. The van der Waals surface area contributed by atoms with Crippen molar-refractivity contribution in [2.45, 2.75) is 0 Å². The van der Waals surface area contributed by atoms with Gasteiger partial charge in [0.2, 0.25) is 5.56 Å². The molecule has 0 atom stereocenters. The highest BCUT2D eigenvalue weighted by molar-refractivity contribution is 7.16. The molecule has 124 valence electrons. The summed E-state index contributed by atoms with van der Waals surface area (Å²) < 4.78 is 1.10. The van der Waals surface area contributed by atoms with E-state index in [0.717, 1.165) is 32.7 Å². The van der Waals surface area contributed by atoms with Crippen molar-refractivity contribution in [2.24, 2.45) is 0 Å². The summed E-state index contributed by atoms with van der Waals surface area (Å²) in [7, 11) is 0. The Kier molecular flexibility index (Phi) is 3.36. The third-order valence-electron chi connectivity index (χ3n) is 4.21. The molecular formula is C20H12N4OS. The SMILES string of the molecule is O=c1ccc2nc(-c3ccc4ncsc4c3)c(-c3ccccc3)nc2[nH]1. The van der Waals surface area contributed by atoms with E-state index in [9.17, 15) is 4.79 Å². The Morgan fingerprint density at radius 2 is 1.62 bits per heavy atom. The first-order valence-corrected chi connectivity index (χ1v) is 8.96. The van der Waals surface area contributed by atoms with Crippen LogP contribution in [0.15, 0.2) is 71.0 Å². The first kappa shape index (κ1) is 14.9. The van der Waals surface area contributed by atoms with Crippen LogP contribution in [0.2, 0.25) is 0 Å². The van der Waals surface area contributed by atoms with Crippen LogP contribution < -0.4 is 5.56 Å². The molecule has 5 nitrogen and oxygen atoms in total. The van der Waals surface area contributed by atoms with Crippen LogP contribution in [0.3, 0.4) is 0 Å². The first-order valence-electron chi connectivity index (χ1n) is 8.08. The van der Waals surface area contributed by atoms with Gasteiger partial charge in [-0.3, -0.25) is 4.79 Å². The Hall–Kier alpha value is -3.38. The van der Waals surface area contributed by atoms with Gasteiger partial charge in [0.1, 0.15) is 5.52 Å². The number of fused-ring (bicyclic) bond motifs is 2. The average Bonchev–Trinajstić information content (AvgIpc) is 3.15. The number of nitrogens with one attached hydrogen (secondary N) is 1. The minimum Gasteiger partial charge on any atom is -0.305 e. The van der Waals surface area contributed by atoms with Crippen LogP contribution in [0.25, 0.3) is 43.9 Å². The molecule has 0 aliphatic rings. The first-order chi connectivity index (χ1) is 12.8. The lowest BCUT2D eigenvalue weighted by molar-refractivity contribution is 1.19. The molecule has 0 saturated carbocycles. The van der Waals surface area contributed by atoms with Gasteiger partial charge < -0.3 is 4.98 Å². The second-order valence-electron chi connectivity index (χ2n) is 5.88. The van der Waals surface area contributed by atoms with Crippen molar-refractivity contribution in [3.05, 3.63) is 76.5 Å². The highest BCUT2D eigenvalue weighted by atomic mass is 32.1. The summed E-state index contributed by atoms with van der Waals surface area (Å²) in [5.41, 5.74) is 7.20. The molecule has 5 rings (SSSR count). The lowest BCUT2D eigenvalue weighted by atomic mass is 10.0. The molecule has 0 fully saturated rings. The summed E-state index contributed by atoms with van der Waals surface area (Å²) in [6, 6.07) is 19.1. The molecule has 0 aliphatic heterocycles. The van der Waals surface area contributed by atoms with E-state index < -0.39 is 0 Å². The highest BCUT2D eigenvalue weighted by Crippen LogP contribution is 2.32. The summed E-state index contributed by atoms with van der Waals surface area (Å²) in [5, 5.41) is 0. The monoisotopic (exact) mass is 356 g/mol. The summed E-state index contributed by atoms with van der Waals surface area (Å²) in [4.78, 5) is 28.3.